The third-order valence-electron chi connectivity index (χ3n) is 3.64. The molecule has 0 fully saturated rings. The molecule has 3 rings (SSSR count). The average molecular weight is 413 g/mol. The third-order valence-corrected chi connectivity index (χ3v) is 5.74. The lowest BCUT2D eigenvalue weighted by atomic mass is 10.1. The highest BCUT2D eigenvalue weighted by Crippen LogP contribution is 2.35. The van der Waals surface area contributed by atoms with Gasteiger partial charge in [-0.05, 0) is 30.5 Å². The Balaban J connectivity index is 2.13. The molecule has 0 aliphatic heterocycles. The summed E-state index contributed by atoms with van der Waals surface area (Å²) >= 11 is 1.33. The molecule has 2 aromatic carbocycles. The van der Waals surface area contributed by atoms with E-state index < -0.39 is 21.9 Å². The van der Waals surface area contributed by atoms with Crippen molar-refractivity contribution in [3.63, 3.8) is 0 Å². The first-order valence-corrected chi connectivity index (χ1v) is 10.3. The van der Waals surface area contributed by atoms with Crippen molar-refractivity contribution < 1.29 is 21.6 Å². The zero-order chi connectivity index (χ0) is 19.7. The van der Waals surface area contributed by atoms with Crippen molar-refractivity contribution in [1.82, 2.24) is 9.89 Å². The third kappa shape index (κ3) is 4.11. The van der Waals surface area contributed by atoms with Gasteiger partial charge < -0.3 is 0 Å². The van der Waals surface area contributed by atoms with Crippen LogP contribution in [0.3, 0.4) is 0 Å². The van der Waals surface area contributed by atoms with E-state index in [1.807, 2.05) is 0 Å². The molecular formula is C17H14F3N3O2S2. The van der Waals surface area contributed by atoms with E-state index in [1.165, 1.54) is 36.0 Å². The van der Waals surface area contributed by atoms with Crippen molar-refractivity contribution in [2.24, 2.45) is 0 Å². The van der Waals surface area contributed by atoms with Gasteiger partial charge in [0.2, 0.25) is 0 Å². The Morgan fingerprint density at radius 1 is 1.04 bits per heavy atom. The van der Waals surface area contributed by atoms with Crippen LogP contribution in [-0.4, -0.2) is 24.6 Å². The fraction of sp³-hybridized carbons (Fsp3) is 0.118. The quantitative estimate of drug-likeness (QED) is 0.636. The number of benzene rings is 2. The monoisotopic (exact) mass is 413 g/mol. The van der Waals surface area contributed by atoms with Crippen molar-refractivity contribution in [2.45, 2.75) is 16.0 Å². The maximum absolute atomic E-state index is 13.2. The Hall–Kier alpha value is -2.46. The molecule has 0 bridgehead atoms. The van der Waals surface area contributed by atoms with Gasteiger partial charge in [0.15, 0.2) is 5.69 Å². The van der Waals surface area contributed by atoms with Crippen molar-refractivity contribution >= 4 is 21.8 Å². The molecule has 0 saturated carbocycles. The van der Waals surface area contributed by atoms with Crippen LogP contribution < -0.4 is 4.83 Å². The molecule has 0 aliphatic rings. The molecular weight excluding hydrogens is 399 g/mol. The second kappa shape index (κ2) is 7.28. The minimum absolute atomic E-state index is 0.00761. The largest absolute Gasteiger partial charge is 0.435 e. The van der Waals surface area contributed by atoms with E-state index in [-0.39, 0.29) is 10.6 Å². The van der Waals surface area contributed by atoms with E-state index in [0.29, 0.717) is 15.2 Å². The van der Waals surface area contributed by atoms with Crippen LogP contribution in [0.4, 0.5) is 13.2 Å². The first-order valence-electron chi connectivity index (χ1n) is 7.61. The van der Waals surface area contributed by atoms with Crippen LogP contribution in [0, 0.1) is 0 Å². The molecule has 1 N–H and O–H groups in total. The number of hydrogen-bond acceptors (Lipinski definition) is 4. The van der Waals surface area contributed by atoms with E-state index in [2.05, 4.69) is 9.93 Å². The van der Waals surface area contributed by atoms with Gasteiger partial charge in [-0.15, -0.1) is 16.9 Å². The summed E-state index contributed by atoms with van der Waals surface area (Å²) in [5.41, 5.74) is -0.764. The predicted molar refractivity (Wildman–Crippen MR) is 97.4 cm³/mol. The van der Waals surface area contributed by atoms with Gasteiger partial charge in [0.1, 0.15) is 0 Å². The zero-order valence-electron chi connectivity index (χ0n) is 13.9. The molecule has 3 aromatic rings. The second-order valence-electron chi connectivity index (χ2n) is 5.43. The number of nitrogens with zero attached hydrogens (tertiary/aromatic N) is 2. The van der Waals surface area contributed by atoms with Crippen LogP contribution in [-0.2, 0) is 16.2 Å². The van der Waals surface area contributed by atoms with Crippen LogP contribution in [0.5, 0.6) is 0 Å². The maximum atomic E-state index is 13.2. The molecule has 0 spiro atoms. The van der Waals surface area contributed by atoms with Gasteiger partial charge >= 0.3 is 6.18 Å². The van der Waals surface area contributed by atoms with E-state index >= 15 is 0 Å². The molecule has 0 atom stereocenters. The summed E-state index contributed by atoms with van der Waals surface area (Å²) in [5, 5.41) is 3.44. The first-order chi connectivity index (χ1) is 12.7. The van der Waals surface area contributed by atoms with Gasteiger partial charge in [0.25, 0.3) is 10.0 Å². The summed E-state index contributed by atoms with van der Waals surface area (Å²) in [6, 6.07) is 14.9. The lowest BCUT2D eigenvalue weighted by Crippen LogP contribution is -2.25. The minimum Gasteiger partial charge on any atom is -0.200 e. The molecule has 27 heavy (non-hydrogen) atoms. The Labute approximate surface area is 158 Å². The molecule has 0 amide bonds. The molecule has 0 aliphatic carbocycles. The lowest BCUT2D eigenvalue weighted by molar-refractivity contribution is -0.141. The van der Waals surface area contributed by atoms with Crippen LogP contribution in [0.15, 0.2) is 70.5 Å². The molecule has 0 radical (unpaired) electrons. The number of halogens is 3. The van der Waals surface area contributed by atoms with Gasteiger partial charge in [-0.1, -0.05) is 36.4 Å². The summed E-state index contributed by atoms with van der Waals surface area (Å²) in [6.07, 6.45) is -2.94. The summed E-state index contributed by atoms with van der Waals surface area (Å²) in [6.45, 7) is 0. The highest BCUT2D eigenvalue weighted by atomic mass is 32.2. The fourth-order valence-electron chi connectivity index (χ4n) is 2.40. The molecule has 1 aromatic heterocycles. The van der Waals surface area contributed by atoms with E-state index in [0.717, 1.165) is 6.07 Å². The molecule has 142 valence electrons. The number of rotatable bonds is 5. The summed E-state index contributed by atoms with van der Waals surface area (Å²) in [4.78, 5) is 3.37. The number of hydrogen-bond donors (Lipinski definition) is 1. The highest BCUT2D eigenvalue weighted by molar-refractivity contribution is 7.98. The van der Waals surface area contributed by atoms with Gasteiger partial charge in [-0.25, -0.2) is 0 Å². The minimum atomic E-state index is -4.72. The van der Waals surface area contributed by atoms with Crippen molar-refractivity contribution in [1.29, 1.82) is 0 Å². The molecule has 1 heterocycles. The summed E-state index contributed by atoms with van der Waals surface area (Å²) in [7, 11) is -4.12. The van der Waals surface area contributed by atoms with E-state index in [1.54, 1.807) is 36.6 Å². The first kappa shape index (κ1) is 19.3. The summed E-state index contributed by atoms with van der Waals surface area (Å²) < 4.78 is 64.6. The Kier molecular flexibility index (Phi) is 5.20. The predicted octanol–water partition coefficient (Wildman–Crippen LogP) is 4.22. The zero-order valence-corrected chi connectivity index (χ0v) is 15.6. The normalized spacial score (nSPS) is 12.1. The highest BCUT2D eigenvalue weighted by Gasteiger charge is 2.36. The van der Waals surface area contributed by atoms with Crippen LogP contribution in [0.25, 0.3) is 11.3 Å². The maximum Gasteiger partial charge on any atom is 0.435 e. The smallest absolute Gasteiger partial charge is 0.200 e. The van der Waals surface area contributed by atoms with Crippen molar-refractivity contribution in [3.8, 4) is 11.3 Å². The van der Waals surface area contributed by atoms with Gasteiger partial charge in [0, 0.05) is 10.5 Å². The molecule has 0 unspecified atom stereocenters. The van der Waals surface area contributed by atoms with Crippen LogP contribution >= 0.6 is 11.8 Å². The number of sulfonamides is 1. The Morgan fingerprint density at radius 3 is 2.30 bits per heavy atom. The van der Waals surface area contributed by atoms with Crippen LogP contribution in [0.2, 0.25) is 0 Å². The van der Waals surface area contributed by atoms with Crippen molar-refractivity contribution in [2.75, 3.05) is 11.1 Å². The SMILES string of the molecule is CSc1ccccc1-c1cc(C(F)(F)F)nn1NS(=O)(=O)c1ccccc1. The van der Waals surface area contributed by atoms with E-state index in [4.69, 9.17) is 0 Å². The second-order valence-corrected chi connectivity index (χ2v) is 7.94. The number of nitrogens with one attached hydrogen (secondary N) is 1. The van der Waals surface area contributed by atoms with Crippen molar-refractivity contribution in [3.05, 3.63) is 66.4 Å². The Bertz CT molecular complexity index is 1050. The summed E-state index contributed by atoms with van der Waals surface area (Å²) in [5.74, 6) is 0. The number of alkyl halides is 3. The fourth-order valence-corrected chi connectivity index (χ4v) is 4.00. The molecule has 5 nitrogen and oxygen atoms in total. The van der Waals surface area contributed by atoms with Gasteiger partial charge in [0.05, 0.1) is 10.6 Å². The molecule has 0 saturated heterocycles. The number of thioether (sulfide) groups is 1. The topological polar surface area (TPSA) is 64.0 Å². The van der Waals surface area contributed by atoms with Gasteiger partial charge in [-0.2, -0.15) is 31.2 Å². The lowest BCUT2D eigenvalue weighted by Gasteiger charge is -2.13. The average Bonchev–Trinajstić information content (AvgIpc) is 3.05. The molecule has 10 heteroatoms. The van der Waals surface area contributed by atoms with Crippen LogP contribution in [0.1, 0.15) is 5.69 Å². The van der Waals surface area contributed by atoms with Gasteiger partial charge in [-0.3, -0.25) is 0 Å². The Morgan fingerprint density at radius 2 is 1.67 bits per heavy atom. The standard InChI is InChI=1S/C17H14F3N3O2S2/c1-26-15-10-6-5-9-13(15)14-11-16(17(18,19)20)21-23(14)22-27(24,25)12-7-3-2-4-8-12/h2-11,22H,1H3. The number of aromatic nitrogens is 2. The van der Waals surface area contributed by atoms with E-state index in [9.17, 15) is 21.6 Å².